The summed E-state index contributed by atoms with van der Waals surface area (Å²) < 4.78 is 4.65. The largest absolute Gasteiger partial charge is 0.469 e. The first kappa shape index (κ1) is 24.7. The third-order valence-electron chi connectivity index (χ3n) is 7.50. The minimum atomic E-state index is -0.694. The zero-order valence-corrected chi connectivity index (χ0v) is 19.5. The first-order valence-corrected chi connectivity index (χ1v) is 12.1. The molecular formula is C27H38O5. The molecule has 1 aromatic carbocycles. The first-order valence-electron chi connectivity index (χ1n) is 12.1. The highest BCUT2D eigenvalue weighted by Gasteiger charge is 2.44. The molecule has 0 saturated heterocycles. The van der Waals surface area contributed by atoms with Crippen LogP contribution < -0.4 is 0 Å². The number of ketones is 1. The summed E-state index contributed by atoms with van der Waals surface area (Å²) in [4.78, 5) is 23.8. The Hall–Kier alpha value is -1.98. The number of aliphatic hydroxyl groups is 2. The minimum Gasteiger partial charge on any atom is -0.469 e. The summed E-state index contributed by atoms with van der Waals surface area (Å²) in [7, 11) is 1.39. The highest BCUT2D eigenvalue weighted by atomic mass is 16.5. The number of rotatable bonds is 11. The third-order valence-corrected chi connectivity index (χ3v) is 7.50. The van der Waals surface area contributed by atoms with E-state index in [1.165, 1.54) is 13.5 Å². The second kappa shape index (κ2) is 11.2. The summed E-state index contributed by atoms with van der Waals surface area (Å²) in [6.45, 7) is 2.16. The number of aliphatic hydroxyl groups excluding tert-OH is 2. The number of carbonyl (C=O) groups excluding carboxylic acids is 2. The summed E-state index contributed by atoms with van der Waals surface area (Å²) in [6, 6.07) is 7.91. The van der Waals surface area contributed by atoms with Gasteiger partial charge in [0.1, 0.15) is 5.78 Å². The Morgan fingerprint density at radius 3 is 2.75 bits per heavy atom. The fourth-order valence-corrected chi connectivity index (χ4v) is 5.59. The van der Waals surface area contributed by atoms with Gasteiger partial charge in [-0.2, -0.15) is 0 Å². The Kier molecular flexibility index (Phi) is 8.66. The number of hydrogen-bond donors (Lipinski definition) is 2. The van der Waals surface area contributed by atoms with Crippen molar-refractivity contribution < 1.29 is 24.5 Å². The smallest absolute Gasteiger partial charge is 0.305 e. The molecule has 0 bridgehead atoms. The molecular weight excluding hydrogens is 404 g/mol. The Morgan fingerprint density at radius 1 is 1.31 bits per heavy atom. The van der Waals surface area contributed by atoms with Gasteiger partial charge in [0.2, 0.25) is 0 Å². The highest BCUT2D eigenvalue weighted by Crippen LogP contribution is 2.53. The van der Waals surface area contributed by atoms with Crippen LogP contribution in [0.2, 0.25) is 0 Å². The molecule has 2 saturated carbocycles. The molecule has 3 rings (SSSR count). The van der Waals surface area contributed by atoms with Crippen LogP contribution in [0.25, 0.3) is 0 Å². The molecule has 0 radical (unpaired) electrons. The molecule has 0 spiro atoms. The molecule has 5 heteroatoms. The standard InChI is InChI=1S/C27H38O5/c1-3-14-27(15-9-16-27)26(31)20-11-8-10-19(17-20)25-21(22(28)18-23(25)29)12-6-4-5-7-13-24(30)32-2/h4,6,8,10-11,17,21,23,25-26,29,31H,3,5,7,9,12-16,18H2,1-2H3/b6-4+. The number of hydrogen-bond acceptors (Lipinski definition) is 5. The zero-order valence-electron chi connectivity index (χ0n) is 19.5. The van der Waals surface area contributed by atoms with Crippen LogP contribution in [0.5, 0.6) is 0 Å². The van der Waals surface area contributed by atoms with Gasteiger partial charge in [0.05, 0.1) is 19.3 Å². The van der Waals surface area contributed by atoms with Crippen LogP contribution in [-0.2, 0) is 14.3 Å². The van der Waals surface area contributed by atoms with Gasteiger partial charge >= 0.3 is 5.97 Å². The van der Waals surface area contributed by atoms with Crippen molar-refractivity contribution in [2.75, 3.05) is 7.11 Å². The topological polar surface area (TPSA) is 83.8 Å². The van der Waals surface area contributed by atoms with E-state index in [-0.39, 0.29) is 35.4 Å². The molecule has 0 amide bonds. The maximum absolute atomic E-state index is 12.6. The molecule has 0 aliphatic heterocycles. The summed E-state index contributed by atoms with van der Waals surface area (Å²) in [6.07, 6.45) is 10.8. The van der Waals surface area contributed by atoms with Crippen molar-refractivity contribution in [2.24, 2.45) is 11.3 Å². The van der Waals surface area contributed by atoms with Crippen molar-refractivity contribution in [2.45, 2.75) is 89.3 Å². The second-order valence-electron chi connectivity index (χ2n) is 9.58. The lowest BCUT2D eigenvalue weighted by Crippen LogP contribution is -2.36. The number of Topliss-reactive ketones (excluding diaryl/α,β-unsaturated/α-hetero) is 1. The van der Waals surface area contributed by atoms with Gasteiger partial charge < -0.3 is 14.9 Å². The van der Waals surface area contributed by atoms with E-state index in [0.717, 1.165) is 43.2 Å². The van der Waals surface area contributed by atoms with Crippen molar-refractivity contribution in [3.63, 3.8) is 0 Å². The van der Waals surface area contributed by atoms with E-state index in [9.17, 15) is 19.8 Å². The minimum absolute atomic E-state index is 0.0240. The lowest BCUT2D eigenvalue weighted by molar-refractivity contribution is -0.140. The van der Waals surface area contributed by atoms with Gasteiger partial charge in [-0.05, 0) is 49.7 Å². The van der Waals surface area contributed by atoms with Gasteiger partial charge in [-0.3, -0.25) is 9.59 Å². The van der Waals surface area contributed by atoms with E-state index in [1.807, 2.05) is 36.4 Å². The van der Waals surface area contributed by atoms with Crippen molar-refractivity contribution in [3.05, 3.63) is 47.5 Å². The van der Waals surface area contributed by atoms with Crippen LogP contribution in [-0.4, -0.2) is 35.2 Å². The fraction of sp³-hybridized carbons (Fsp3) is 0.630. The third kappa shape index (κ3) is 5.49. The molecule has 32 heavy (non-hydrogen) atoms. The molecule has 2 fully saturated rings. The lowest BCUT2D eigenvalue weighted by atomic mass is 9.61. The van der Waals surface area contributed by atoms with Gasteiger partial charge in [-0.1, -0.05) is 56.2 Å². The van der Waals surface area contributed by atoms with Gasteiger partial charge in [0.25, 0.3) is 0 Å². The Labute approximate surface area is 191 Å². The summed E-state index contributed by atoms with van der Waals surface area (Å²) in [5.74, 6) is -0.633. The number of esters is 1. The van der Waals surface area contributed by atoms with Crippen LogP contribution in [0.15, 0.2) is 36.4 Å². The van der Waals surface area contributed by atoms with Gasteiger partial charge in [0, 0.05) is 30.1 Å². The summed E-state index contributed by atoms with van der Waals surface area (Å²) >= 11 is 0. The molecule has 2 aliphatic rings. The first-order chi connectivity index (χ1) is 15.4. The monoisotopic (exact) mass is 442 g/mol. The highest BCUT2D eigenvalue weighted by molar-refractivity contribution is 5.85. The number of unbranched alkanes of at least 4 members (excludes halogenated alkanes) is 1. The van der Waals surface area contributed by atoms with Crippen LogP contribution in [0.4, 0.5) is 0 Å². The molecule has 0 aromatic heterocycles. The molecule has 176 valence electrons. The number of carbonyl (C=O) groups is 2. The molecule has 5 nitrogen and oxygen atoms in total. The van der Waals surface area contributed by atoms with Crippen LogP contribution in [0.3, 0.4) is 0 Å². The fourth-order valence-electron chi connectivity index (χ4n) is 5.59. The van der Waals surface area contributed by atoms with Gasteiger partial charge in [-0.25, -0.2) is 0 Å². The van der Waals surface area contributed by atoms with Crippen molar-refractivity contribution in [3.8, 4) is 0 Å². The quantitative estimate of drug-likeness (QED) is 0.286. The summed E-state index contributed by atoms with van der Waals surface area (Å²) in [5.41, 5.74) is 1.82. The van der Waals surface area contributed by atoms with E-state index in [4.69, 9.17) is 0 Å². The lowest BCUT2D eigenvalue weighted by Gasteiger charge is -2.46. The molecule has 2 N–H and O–H groups in total. The van der Waals surface area contributed by atoms with Crippen LogP contribution in [0.1, 0.15) is 94.3 Å². The zero-order chi connectivity index (χ0) is 23.1. The van der Waals surface area contributed by atoms with Crippen molar-refractivity contribution in [1.82, 2.24) is 0 Å². The predicted octanol–water partition coefficient (Wildman–Crippen LogP) is 5.01. The molecule has 4 atom stereocenters. The predicted molar refractivity (Wildman–Crippen MR) is 124 cm³/mol. The summed E-state index contributed by atoms with van der Waals surface area (Å²) in [5, 5.41) is 21.9. The average Bonchev–Trinajstić information content (AvgIpc) is 3.05. The van der Waals surface area contributed by atoms with Crippen LogP contribution in [0, 0.1) is 11.3 Å². The van der Waals surface area contributed by atoms with Crippen molar-refractivity contribution >= 4 is 11.8 Å². The maximum atomic E-state index is 12.6. The van der Waals surface area contributed by atoms with Gasteiger partial charge in [-0.15, -0.1) is 0 Å². The van der Waals surface area contributed by atoms with E-state index >= 15 is 0 Å². The Bertz CT molecular complexity index is 810. The number of ether oxygens (including phenoxy) is 1. The number of benzene rings is 1. The second-order valence-corrected chi connectivity index (χ2v) is 9.58. The van der Waals surface area contributed by atoms with E-state index in [2.05, 4.69) is 11.7 Å². The molecule has 4 unspecified atom stereocenters. The number of methoxy groups -OCH3 is 1. The van der Waals surface area contributed by atoms with E-state index < -0.39 is 12.2 Å². The SMILES string of the molecule is CCCC1(C(O)c2cccc(C3C(O)CC(=O)C3C/C=C/CCCC(=O)OC)c2)CCC1. The average molecular weight is 443 g/mol. The van der Waals surface area contributed by atoms with Crippen LogP contribution >= 0.6 is 0 Å². The molecule has 1 aromatic rings. The normalized spacial score (nSPS) is 25.6. The maximum Gasteiger partial charge on any atom is 0.305 e. The van der Waals surface area contributed by atoms with E-state index in [1.54, 1.807) is 0 Å². The van der Waals surface area contributed by atoms with Crippen molar-refractivity contribution in [1.29, 1.82) is 0 Å². The van der Waals surface area contributed by atoms with Gasteiger partial charge in [0.15, 0.2) is 0 Å². The van der Waals surface area contributed by atoms with E-state index in [0.29, 0.717) is 19.3 Å². The Balaban J connectivity index is 1.69. The molecule has 2 aliphatic carbocycles. The molecule has 0 heterocycles. The Morgan fingerprint density at radius 2 is 2.09 bits per heavy atom. The number of allylic oxidation sites excluding steroid dienone is 2.